The number of nitrogens with zero attached hydrogens (tertiary/aromatic N) is 3. The van der Waals surface area contributed by atoms with Gasteiger partial charge in [-0.2, -0.15) is 0 Å². The number of hydrogen-bond donors (Lipinski definition) is 2. The highest BCUT2D eigenvalue weighted by atomic mass is 32.1. The Bertz CT molecular complexity index is 1160. The van der Waals surface area contributed by atoms with Crippen LogP contribution in [0.1, 0.15) is 35.8 Å². The van der Waals surface area contributed by atoms with E-state index in [1.54, 1.807) is 10.9 Å². The monoisotopic (exact) mass is 440 g/mol. The number of carbonyl (C=O) groups excluding carboxylic acids is 1. The minimum Gasteiger partial charge on any atom is -0.388 e. The summed E-state index contributed by atoms with van der Waals surface area (Å²) in [5, 5.41) is 14.6. The van der Waals surface area contributed by atoms with Crippen molar-refractivity contribution in [3.8, 4) is 0 Å². The first-order chi connectivity index (χ1) is 14.7. The SMILES string of the molecule is CC(=O)Nc1ccc(CN2CCC(O)(Cn3cnc4sc(C)c(C)c4c3=O)CC2)cc1. The Labute approximate surface area is 185 Å². The third kappa shape index (κ3) is 4.71. The Hall–Kier alpha value is -2.55. The van der Waals surface area contributed by atoms with Gasteiger partial charge in [0.05, 0.1) is 23.9 Å². The van der Waals surface area contributed by atoms with Crippen molar-refractivity contribution in [2.24, 2.45) is 0 Å². The van der Waals surface area contributed by atoms with Gasteiger partial charge in [0, 0.05) is 37.1 Å². The first-order valence-electron chi connectivity index (χ1n) is 10.5. The van der Waals surface area contributed by atoms with Crippen LogP contribution in [0.2, 0.25) is 0 Å². The van der Waals surface area contributed by atoms with Crippen LogP contribution in [0.5, 0.6) is 0 Å². The minimum atomic E-state index is -0.913. The van der Waals surface area contributed by atoms with Gasteiger partial charge in [-0.25, -0.2) is 4.98 Å². The topological polar surface area (TPSA) is 87.5 Å². The minimum absolute atomic E-state index is 0.0676. The second kappa shape index (κ2) is 8.53. The highest BCUT2D eigenvalue weighted by Gasteiger charge is 2.33. The number of likely N-dealkylation sites (tertiary alicyclic amines) is 1. The van der Waals surface area contributed by atoms with Gasteiger partial charge in [0.15, 0.2) is 0 Å². The third-order valence-corrected chi connectivity index (χ3v) is 7.20. The van der Waals surface area contributed by atoms with Crippen LogP contribution in [0.25, 0.3) is 10.2 Å². The smallest absolute Gasteiger partial charge is 0.262 e. The molecule has 2 aromatic heterocycles. The van der Waals surface area contributed by atoms with Crippen LogP contribution in [0, 0.1) is 13.8 Å². The zero-order valence-electron chi connectivity index (χ0n) is 18.1. The fourth-order valence-electron chi connectivity index (χ4n) is 4.14. The van der Waals surface area contributed by atoms with Crippen LogP contribution in [0.3, 0.4) is 0 Å². The number of thiophene rings is 1. The number of piperidine rings is 1. The van der Waals surface area contributed by atoms with Gasteiger partial charge in [-0.05, 0) is 49.9 Å². The molecule has 8 heteroatoms. The number of hydrogen-bond acceptors (Lipinski definition) is 6. The average molecular weight is 441 g/mol. The van der Waals surface area contributed by atoms with E-state index in [2.05, 4.69) is 15.2 Å². The Morgan fingerprint density at radius 2 is 1.90 bits per heavy atom. The summed E-state index contributed by atoms with van der Waals surface area (Å²) >= 11 is 1.54. The molecular weight excluding hydrogens is 412 g/mol. The van der Waals surface area contributed by atoms with Gasteiger partial charge in [-0.1, -0.05) is 12.1 Å². The van der Waals surface area contributed by atoms with E-state index in [1.807, 2.05) is 38.1 Å². The number of nitrogens with one attached hydrogen (secondary N) is 1. The molecule has 1 aliphatic rings. The molecule has 3 heterocycles. The second-order valence-electron chi connectivity index (χ2n) is 8.52. The van der Waals surface area contributed by atoms with E-state index in [-0.39, 0.29) is 18.0 Å². The predicted molar refractivity (Wildman–Crippen MR) is 124 cm³/mol. The number of anilines is 1. The summed E-state index contributed by atoms with van der Waals surface area (Å²) < 4.78 is 1.57. The number of aryl methyl sites for hydroxylation is 2. The standard InChI is InChI=1S/C23H28N4O3S/c1-15-16(2)31-21-20(15)22(29)27(14-24-21)13-23(30)8-10-26(11-9-23)12-18-4-6-19(7-5-18)25-17(3)28/h4-7,14,30H,8-13H2,1-3H3,(H,25,28). The molecule has 0 saturated carbocycles. The first kappa shape index (κ1) is 21.7. The summed E-state index contributed by atoms with van der Waals surface area (Å²) in [4.78, 5) is 32.7. The first-order valence-corrected chi connectivity index (χ1v) is 11.3. The zero-order chi connectivity index (χ0) is 22.2. The van der Waals surface area contributed by atoms with Gasteiger partial charge < -0.3 is 10.4 Å². The molecule has 3 aromatic rings. The van der Waals surface area contributed by atoms with Crippen LogP contribution in [-0.4, -0.2) is 44.2 Å². The lowest BCUT2D eigenvalue weighted by Crippen LogP contribution is -2.47. The van der Waals surface area contributed by atoms with Crippen molar-refractivity contribution < 1.29 is 9.90 Å². The lowest BCUT2D eigenvalue weighted by molar-refractivity contribution is -0.114. The lowest BCUT2D eigenvalue weighted by atomic mass is 9.91. The van der Waals surface area contributed by atoms with Crippen molar-refractivity contribution >= 4 is 33.1 Å². The lowest BCUT2D eigenvalue weighted by Gasteiger charge is -2.38. The molecule has 0 aliphatic carbocycles. The van der Waals surface area contributed by atoms with Gasteiger partial charge in [-0.15, -0.1) is 11.3 Å². The van der Waals surface area contributed by atoms with E-state index in [0.717, 1.165) is 46.2 Å². The van der Waals surface area contributed by atoms with E-state index in [9.17, 15) is 14.7 Å². The van der Waals surface area contributed by atoms with E-state index in [4.69, 9.17) is 0 Å². The molecule has 1 saturated heterocycles. The molecule has 0 atom stereocenters. The predicted octanol–water partition coefficient (Wildman–Crippen LogP) is 3.06. The van der Waals surface area contributed by atoms with Crippen molar-refractivity contribution in [2.75, 3.05) is 18.4 Å². The van der Waals surface area contributed by atoms with E-state index in [0.29, 0.717) is 18.2 Å². The molecule has 164 valence electrons. The summed E-state index contributed by atoms with van der Waals surface area (Å²) in [5.74, 6) is -0.0826. The molecule has 2 N–H and O–H groups in total. The van der Waals surface area contributed by atoms with E-state index in [1.165, 1.54) is 18.3 Å². The molecule has 31 heavy (non-hydrogen) atoms. The van der Waals surface area contributed by atoms with Crippen molar-refractivity contribution in [1.29, 1.82) is 0 Å². The Balaban J connectivity index is 1.39. The Morgan fingerprint density at radius 1 is 1.23 bits per heavy atom. The maximum atomic E-state index is 13.0. The fourth-order valence-corrected chi connectivity index (χ4v) is 5.13. The van der Waals surface area contributed by atoms with Crippen molar-refractivity contribution in [1.82, 2.24) is 14.5 Å². The van der Waals surface area contributed by atoms with Crippen molar-refractivity contribution in [3.05, 3.63) is 57.0 Å². The van der Waals surface area contributed by atoms with Crippen LogP contribution >= 0.6 is 11.3 Å². The average Bonchev–Trinajstić information content (AvgIpc) is 3.02. The second-order valence-corrected chi connectivity index (χ2v) is 9.72. The normalized spacial score (nSPS) is 16.5. The van der Waals surface area contributed by atoms with Gasteiger partial charge >= 0.3 is 0 Å². The fraction of sp³-hybridized carbons (Fsp3) is 0.435. The number of aromatic nitrogens is 2. The molecule has 0 spiro atoms. The molecule has 7 nitrogen and oxygen atoms in total. The van der Waals surface area contributed by atoms with Gasteiger partial charge in [0.2, 0.25) is 5.91 Å². The highest BCUT2D eigenvalue weighted by Crippen LogP contribution is 2.28. The number of benzene rings is 1. The summed E-state index contributed by atoms with van der Waals surface area (Å²) in [6.45, 7) is 8.02. The van der Waals surface area contributed by atoms with Crippen LogP contribution in [0.15, 0.2) is 35.4 Å². The summed E-state index contributed by atoms with van der Waals surface area (Å²) in [5.41, 5.74) is 1.95. The number of carbonyl (C=O) groups is 1. The van der Waals surface area contributed by atoms with Gasteiger partial charge in [0.1, 0.15) is 4.83 Å². The highest BCUT2D eigenvalue weighted by molar-refractivity contribution is 7.18. The quantitative estimate of drug-likeness (QED) is 0.637. The van der Waals surface area contributed by atoms with Crippen molar-refractivity contribution in [3.63, 3.8) is 0 Å². The largest absolute Gasteiger partial charge is 0.388 e. The van der Waals surface area contributed by atoms with Crippen LogP contribution in [-0.2, 0) is 17.9 Å². The molecule has 0 bridgehead atoms. The van der Waals surface area contributed by atoms with Gasteiger partial charge in [0.25, 0.3) is 5.56 Å². The number of amides is 1. The summed E-state index contributed by atoms with van der Waals surface area (Å²) in [6, 6.07) is 7.83. The molecule has 0 unspecified atom stereocenters. The number of aliphatic hydroxyl groups is 1. The van der Waals surface area contributed by atoms with Crippen molar-refractivity contribution in [2.45, 2.75) is 52.3 Å². The van der Waals surface area contributed by atoms with Gasteiger partial charge in [-0.3, -0.25) is 19.1 Å². The summed E-state index contributed by atoms with van der Waals surface area (Å²) in [6.07, 6.45) is 2.77. The third-order valence-electron chi connectivity index (χ3n) is 6.09. The molecule has 1 fully saturated rings. The number of rotatable bonds is 5. The molecule has 4 rings (SSSR count). The Morgan fingerprint density at radius 3 is 2.55 bits per heavy atom. The molecule has 1 aromatic carbocycles. The maximum absolute atomic E-state index is 13.0. The van der Waals surface area contributed by atoms with E-state index < -0.39 is 5.60 Å². The maximum Gasteiger partial charge on any atom is 0.262 e. The Kier molecular flexibility index (Phi) is 5.96. The molecule has 0 radical (unpaired) electrons. The van der Waals surface area contributed by atoms with E-state index >= 15 is 0 Å². The van der Waals surface area contributed by atoms with Crippen LogP contribution in [0.4, 0.5) is 5.69 Å². The molecular formula is C23H28N4O3S. The van der Waals surface area contributed by atoms with Crippen LogP contribution < -0.4 is 10.9 Å². The molecule has 1 amide bonds. The summed E-state index contributed by atoms with van der Waals surface area (Å²) in [7, 11) is 0. The zero-order valence-corrected chi connectivity index (χ0v) is 19.0. The number of fused-ring (bicyclic) bond motifs is 1. The molecule has 1 aliphatic heterocycles.